The van der Waals surface area contributed by atoms with Gasteiger partial charge in [-0.25, -0.2) is 0 Å². The van der Waals surface area contributed by atoms with Crippen LogP contribution in [-0.2, 0) is 0 Å². The third kappa shape index (κ3) is 2.34. The molecule has 2 heteroatoms. The van der Waals surface area contributed by atoms with E-state index in [0.717, 1.165) is 22.6 Å². The summed E-state index contributed by atoms with van der Waals surface area (Å²) in [5.74, 6) is 1.65. The summed E-state index contributed by atoms with van der Waals surface area (Å²) in [5.41, 5.74) is 4.66. The van der Waals surface area contributed by atoms with E-state index in [1.807, 2.05) is 18.2 Å². The zero-order chi connectivity index (χ0) is 13.2. The lowest BCUT2D eigenvalue weighted by molar-refractivity contribution is 0.171. The monoisotopic (exact) mass is 252 g/mol. The van der Waals surface area contributed by atoms with E-state index >= 15 is 0 Å². The van der Waals surface area contributed by atoms with E-state index in [0.29, 0.717) is 13.2 Å². The molecule has 0 bridgehead atoms. The van der Waals surface area contributed by atoms with Crippen LogP contribution in [0.3, 0.4) is 0 Å². The van der Waals surface area contributed by atoms with Crippen molar-refractivity contribution in [2.24, 2.45) is 0 Å². The second-order valence-corrected chi connectivity index (χ2v) is 4.69. The zero-order valence-corrected chi connectivity index (χ0v) is 11.0. The Kier molecular flexibility index (Phi) is 3.00. The summed E-state index contributed by atoms with van der Waals surface area (Å²) in [5, 5.41) is 0. The average Bonchev–Trinajstić information content (AvgIpc) is 2.46. The molecule has 2 aromatic carbocycles. The summed E-state index contributed by atoms with van der Waals surface area (Å²) >= 11 is 0. The molecule has 0 spiro atoms. The molecule has 1 heterocycles. The predicted octanol–water partition coefficient (Wildman–Crippen LogP) is 4.08. The molecular formula is C17H16O2. The van der Waals surface area contributed by atoms with E-state index in [1.165, 1.54) is 11.1 Å². The summed E-state index contributed by atoms with van der Waals surface area (Å²) in [6.07, 6.45) is 1.87. The van der Waals surface area contributed by atoms with Crippen LogP contribution in [0.1, 0.15) is 11.1 Å². The van der Waals surface area contributed by atoms with Gasteiger partial charge in [-0.3, -0.25) is 0 Å². The van der Waals surface area contributed by atoms with Crippen LogP contribution in [0.4, 0.5) is 0 Å². The predicted molar refractivity (Wildman–Crippen MR) is 77.7 cm³/mol. The van der Waals surface area contributed by atoms with Gasteiger partial charge in [0.05, 0.1) is 0 Å². The van der Waals surface area contributed by atoms with Crippen LogP contribution in [0.5, 0.6) is 11.5 Å². The molecule has 96 valence electrons. The zero-order valence-electron chi connectivity index (χ0n) is 11.0. The third-order valence-corrected chi connectivity index (χ3v) is 3.21. The highest BCUT2D eigenvalue weighted by Gasteiger charge is 2.12. The number of hydrogen-bond acceptors (Lipinski definition) is 2. The van der Waals surface area contributed by atoms with Gasteiger partial charge in [-0.05, 0) is 47.4 Å². The van der Waals surface area contributed by atoms with E-state index in [4.69, 9.17) is 9.47 Å². The summed E-state index contributed by atoms with van der Waals surface area (Å²) in [6, 6.07) is 12.5. The van der Waals surface area contributed by atoms with Gasteiger partial charge >= 0.3 is 0 Å². The molecule has 0 atom stereocenters. The van der Waals surface area contributed by atoms with Gasteiger partial charge in [-0.15, -0.1) is 0 Å². The van der Waals surface area contributed by atoms with E-state index in [2.05, 4.69) is 37.8 Å². The number of aryl methyl sites for hydroxylation is 1. The van der Waals surface area contributed by atoms with E-state index in [-0.39, 0.29) is 0 Å². The SMILES string of the molecule is C=Cc1cc(C)cc(-c2ccc3c(c2)OCCO3)c1. The van der Waals surface area contributed by atoms with Crippen molar-refractivity contribution in [1.29, 1.82) is 0 Å². The number of hydrogen-bond donors (Lipinski definition) is 0. The minimum atomic E-state index is 0.613. The minimum Gasteiger partial charge on any atom is -0.486 e. The fourth-order valence-corrected chi connectivity index (χ4v) is 2.32. The molecule has 0 fully saturated rings. The molecule has 0 radical (unpaired) electrons. The van der Waals surface area contributed by atoms with Crippen LogP contribution in [0.15, 0.2) is 43.0 Å². The smallest absolute Gasteiger partial charge is 0.161 e. The Morgan fingerprint density at radius 2 is 1.74 bits per heavy atom. The first-order valence-electron chi connectivity index (χ1n) is 6.40. The quantitative estimate of drug-likeness (QED) is 0.802. The van der Waals surface area contributed by atoms with Gasteiger partial charge < -0.3 is 9.47 Å². The second-order valence-electron chi connectivity index (χ2n) is 4.69. The first kappa shape index (κ1) is 11.8. The van der Waals surface area contributed by atoms with Crippen molar-refractivity contribution in [3.05, 3.63) is 54.1 Å². The Morgan fingerprint density at radius 3 is 2.53 bits per heavy atom. The van der Waals surface area contributed by atoms with Gasteiger partial charge in [0.15, 0.2) is 11.5 Å². The van der Waals surface area contributed by atoms with Gasteiger partial charge in [-0.2, -0.15) is 0 Å². The maximum absolute atomic E-state index is 5.63. The Bertz CT molecular complexity index is 629. The number of benzene rings is 2. The molecule has 2 aromatic rings. The van der Waals surface area contributed by atoms with Crippen molar-refractivity contribution in [2.45, 2.75) is 6.92 Å². The van der Waals surface area contributed by atoms with Crippen molar-refractivity contribution in [3.63, 3.8) is 0 Å². The van der Waals surface area contributed by atoms with Gasteiger partial charge in [0.25, 0.3) is 0 Å². The van der Waals surface area contributed by atoms with Crippen LogP contribution >= 0.6 is 0 Å². The Balaban J connectivity index is 2.06. The molecule has 0 saturated carbocycles. The standard InChI is InChI=1S/C17H16O2/c1-3-13-8-12(2)9-15(10-13)14-4-5-16-17(11-14)19-7-6-18-16/h3-5,8-11H,1,6-7H2,2H3. The molecular weight excluding hydrogens is 236 g/mol. The minimum absolute atomic E-state index is 0.613. The molecule has 1 aliphatic rings. The van der Waals surface area contributed by atoms with Crippen molar-refractivity contribution in [2.75, 3.05) is 13.2 Å². The van der Waals surface area contributed by atoms with Crippen LogP contribution in [-0.4, -0.2) is 13.2 Å². The van der Waals surface area contributed by atoms with E-state index < -0.39 is 0 Å². The lowest BCUT2D eigenvalue weighted by Crippen LogP contribution is -2.15. The van der Waals surface area contributed by atoms with Gasteiger partial charge in [0, 0.05) is 0 Å². The Morgan fingerprint density at radius 1 is 0.947 bits per heavy atom. The highest BCUT2D eigenvalue weighted by atomic mass is 16.6. The van der Waals surface area contributed by atoms with Crippen LogP contribution in [0, 0.1) is 6.92 Å². The molecule has 0 unspecified atom stereocenters. The maximum atomic E-state index is 5.63. The first-order valence-corrected chi connectivity index (χ1v) is 6.40. The number of fused-ring (bicyclic) bond motifs is 1. The van der Waals surface area contributed by atoms with Crippen molar-refractivity contribution in [3.8, 4) is 22.6 Å². The Hall–Kier alpha value is -2.22. The normalized spacial score (nSPS) is 13.1. The topological polar surface area (TPSA) is 18.5 Å². The maximum Gasteiger partial charge on any atom is 0.161 e. The van der Waals surface area contributed by atoms with Crippen molar-refractivity contribution < 1.29 is 9.47 Å². The molecule has 2 nitrogen and oxygen atoms in total. The molecule has 3 rings (SSSR count). The lowest BCUT2D eigenvalue weighted by atomic mass is 10.00. The molecule has 0 saturated heterocycles. The lowest BCUT2D eigenvalue weighted by Gasteiger charge is -2.19. The van der Waals surface area contributed by atoms with Crippen LogP contribution in [0.25, 0.3) is 17.2 Å². The van der Waals surface area contributed by atoms with Crippen LogP contribution in [0.2, 0.25) is 0 Å². The van der Waals surface area contributed by atoms with Crippen molar-refractivity contribution in [1.82, 2.24) is 0 Å². The molecule has 0 amide bonds. The summed E-state index contributed by atoms with van der Waals surface area (Å²) in [6.45, 7) is 7.16. The van der Waals surface area contributed by atoms with Crippen LogP contribution < -0.4 is 9.47 Å². The number of ether oxygens (including phenoxy) is 2. The molecule has 19 heavy (non-hydrogen) atoms. The van der Waals surface area contributed by atoms with Gasteiger partial charge in [-0.1, -0.05) is 30.9 Å². The largest absolute Gasteiger partial charge is 0.486 e. The van der Waals surface area contributed by atoms with E-state index in [1.54, 1.807) is 0 Å². The van der Waals surface area contributed by atoms with Crippen molar-refractivity contribution >= 4 is 6.08 Å². The molecule has 0 N–H and O–H groups in total. The fraction of sp³-hybridized carbons (Fsp3) is 0.176. The average molecular weight is 252 g/mol. The number of rotatable bonds is 2. The van der Waals surface area contributed by atoms with E-state index in [9.17, 15) is 0 Å². The van der Waals surface area contributed by atoms with Gasteiger partial charge in [0.2, 0.25) is 0 Å². The summed E-state index contributed by atoms with van der Waals surface area (Å²) < 4.78 is 11.2. The highest BCUT2D eigenvalue weighted by molar-refractivity contribution is 5.70. The summed E-state index contributed by atoms with van der Waals surface area (Å²) in [7, 11) is 0. The summed E-state index contributed by atoms with van der Waals surface area (Å²) in [4.78, 5) is 0. The Labute approximate surface area is 113 Å². The fourth-order valence-electron chi connectivity index (χ4n) is 2.32. The van der Waals surface area contributed by atoms with Gasteiger partial charge in [0.1, 0.15) is 13.2 Å². The highest BCUT2D eigenvalue weighted by Crippen LogP contribution is 2.35. The first-order chi connectivity index (χ1) is 9.26. The molecule has 0 aromatic heterocycles. The molecule has 1 aliphatic heterocycles. The third-order valence-electron chi connectivity index (χ3n) is 3.21. The molecule has 0 aliphatic carbocycles. The second kappa shape index (κ2) is 4.81.